The van der Waals surface area contributed by atoms with Crippen molar-refractivity contribution in [3.63, 3.8) is 0 Å². The fourth-order valence-corrected chi connectivity index (χ4v) is 2.04. The van der Waals surface area contributed by atoms with Gasteiger partial charge in [0.15, 0.2) is 0 Å². The van der Waals surface area contributed by atoms with E-state index in [4.69, 9.17) is 10.5 Å². The van der Waals surface area contributed by atoms with Gasteiger partial charge in [-0.3, -0.25) is 0 Å². The molecule has 0 unspecified atom stereocenters. The number of aromatic nitrogens is 1. The van der Waals surface area contributed by atoms with Gasteiger partial charge < -0.3 is 15.0 Å². The van der Waals surface area contributed by atoms with Crippen LogP contribution < -0.4 is 5.73 Å². The first kappa shape index (κ1) is 14.2. The second kappa shape index (κ2) is 5.04. The Morgan fingerprint density at radius 1 is 1.25 bits per heavy atom. The average Bonchev–Trinajstić information content (AvgIpc) is 2.75. The maximum absolute atomic E-state index is 12.2. The van der Waals surface area contributed by atoms with E-state index in [0.717, 1.165) is 11.3 Å². The molecule has 4 heteroatoms. The van der Waals surface area contributed by atoms with Gasteiger partial charge in [0, 0.05) is 17.6 Å². The van der Waals surface area contributed by atoms with Gasteiger partial charge >= 0.3 is 5.97 Å². The summed E-state index contributed by atoms with van der Waals surface area (Å²) in [7, 11) is 0. The van der Waals surface area contributed by atoms with Gasteiger partial charge in [-0.05, 0) is 63.6 Å². The third-order valence-electron chi connectivity index (χ3n) is 2.84. The molecule has 0 amide bonds. The van der Waals surface area contributed by atoms with Crippen LogP contribution in [0.5, 0.6) is 0 Å². The third kappa shape index (κ3) is 3.02. The molecule has 0 spiro atoms. The number of hydrogen-bond acceptors (Lipinski definition) is 3. The van der Waals surface area contributed by atoms with E-state index in [1.807, 2.05) is 62.7 Å². The topological polar surface area (TPSA) is 57.2 Å². The van der Waals surface area contributed by atoms with Crippen LogP contribution in [0.15, 0.2) is 36.5 Å². The summed E-state index contributed by atoms with van der Waals surface area (Å²) >= 11 is 0. The average molecular weight is 272 g/mol. The molecule has 1 aromatic heterocycles. The molecule has 0 saturated heterocycles. The van der Waals surface area contributed by atoms with E-state index in [1.165, 1.54) is 0 Å². The molecule has 2 aromatic rings. The number of carbonyl (C=O) groups excluding carboxylic acids is 1. The number of ether oxygens (including phenoxy) is 1. The number of nitrogens with two attached hydrogens (primary N) is 1. The monoisotopic (exact) mass is 272 g/mol. The Labute approximate surface area is 119 Å². The van der Waals surface area contributed by atoms with E-state index in [-0.39, 0.29) is 5.97 Å². The lowest BCUT2D eigenvalue weighted by Gasteiger charge is -2.20. The van der Waals surface area contributed by atoms with Crippen molar-refractivity contribution in [3.8, 4) is 5.69 Å². The fourth-order valence-electron chi connectivity index (χ4n) is 2.04. The maximum Gasteiger partial charge on any atom is 0.355 e. The molecule has 2 N–H and O–H groups in total. The highest BCUT2D eigenvalue weighted by atomic mass is 16.6. The number of hydrogen-bond donors (Lipinski definition) is 1. The number of nitrogens with zero attached hydrogens (tertiary/aromatic N) is 1. The van der Waals surface area contributed by atoms with Crippen LogP contribution in [0.1, 0.15) is 36.8 Å². The lowest BCUT2D eigenvalue weighted by molar-refractivity contribution is 0.00606. The van der Waals surface area contributed by atoms with E-state index < -0.39 is 5.60 Å². The normalized spacial score (nSPS) is 11.4. The van der Waals surface area contributed by atoms with Crippen molar-refractivity contribution in [2.75, 3.05) is 5.73 Å². The molecule has 0 aliphatic heterocycles. The van der Waals surface area contributed by atoms with Crippen LogP contribution in [-0.4, -0.2) is 16.1 Å². The van der Waals surface area contributed by atoms with Gasteiger partial charge in [-0.15, -0.1) is 0 Å². The second-order valence-corrected chi connectivity index (χ2v) is 5.81. The number of nitrogen functional groups attached to an aromatic ring is 1. The Bertz CT molecular complexity index is 636. The van der Waals surface area contributed by atoms with Crippen LogP contribution in [0.25, 0.3) is 5.69 Å². The highest BCUT2D eigenvalue weighted by molar-refractivity contribution is 5.89. The van der Waals surface area contributed by atoms with Gasteiger partial charge in [0.25, 0.3) is 0 Å². The Morgan fingerprint density at radius 3 is 2.55 bits per heavy atom. The van der Waals surface area contributed by atoms with Crippen LogP contribution >= 0.6 is 0 Å². The molecule has 1 aromatic carbocycles. The van der Waals surface area contributed by atoms with Crippen LogP contribution in [0.2, 0.25) is 0 Å². The predicted molar refractivity (Wildman–Crippen MR) is 80.1 cm³/mol. The molecular weight excluding hydrogens is 252 g/mol. The molecule has 4 nitrogen and oxygen atoms in total. The smallest absolute Gasteiger partial charge is 0.355 e. The second-order valence-electron chi connectivity index (χ2n) is 5.81. The third-order valence-corrected chi connectivity index (χ3v) is 2.84. The molecule has 0 bridgehead atoms. The van der Waals surface area contributed by atoms with E-state index in [1.54, 1.807) is 6.07 Å². The minimum absolute atomic E-state index is 0.335. The van der Waals surface area contributed by atoms with E-state index in [0.29, 0.717) is 11.4 Å². The standard InChI is InChI=1S/C16H20N2O2/c1-11-10-12(17)7-8-13(11)18-9-5-6-14(18)15(19)20-16(2,3)4/h5-10H,17H2,1-4H3. The molecule has 106 valence electrons. The minimum atomic E-state index is -0.512. The largest absolute Gasteiger partial charge is 0.455 e. The molecule has 20 heavy (non-hydrogen) atoms. The predicted octanol–water partition coefficient (Wildman–Crippen LogP) is 3.32. The number of anilines is 1. The van der Waals surface area contributed by atoms with Gasteiger partial charge in [0.2, 0.25) is 0 Å². The first-order chi connectivity index (χ1) is 9.28. The van der Waals surface area contributed by atoms with Gasteiger partial charge in [0.1, 0.15) is 11.3 Å². The Kier molecular flexibility index (Phi) is 3.57. The summed E-state index contributed by atoms with van der Waals surface area (Å²) in [5.74, 6) is -0.335. The van der Waals surface area contributed by atoms with Crippen LogP contribution in [-0.2, 0) is 4.74 Å². The molecular formula is C16H20N2O2. The molecule has 0 fully saturated rings. The number of rotatable bonds is 2. The van der Waals surface area contributed by atoms with Gasteiger partial charge in [-0.2, -0.15) is 0 Å². The zero-order valence-corrected chi connectivity index (χ0v) is 12.3. The van der Waals surface area contributed by atoms with E-state index in [2.05, 4.69) is 0 Å². The highest BCUT2D eigenvalue weighted by Gasteiger charge is 2.21. The quantitative estimate of drug-likeness (QED) is 0.674. The molecule has 0 atom stereocenters. The summed E-state index contributed by atoms with van der Waals surface area (Å²) in [4.78, 5) is 12.2. The van der Waals surface area contributed by atoms with E-state index >= 15 is 0 Å². The summed E-state index contributed by atoms with van der Waals surface area (Å²) in [6, 6.07) is 9.19. The van der Waals surface area contributed by atoms with Gasteiger partial charge in [-0.1, -0.05) is 0 Å². The Morgan fingerprint density at radius 2 is 1.95 bits per heavy atom. The first-order valence-electron chi connectivity index (χ1n) is 6.55. The number of benzene rings is 1. The lowest BCUT2D eigenvalue weighted by atomic mass is 10.1. The summed E-state index contributed by atoms with van der Waals surface area (Å²) < 4.78 is 7.25. The molecule has 0 aliphatic rings. The number of esters is 1. The fraction of sp³-hybridized carbons (Fsp3) is 0.312. The van der Waals surface area contributed by atoms with Crippen molar-refractivity contribution in [1.82, 2.24) is 4.57 Å². The van der Waals surface area contributed by atoms with Crippen LogP contribution in [0, 0.1) is 6.92 Å². The van der Waals surface area contributed by atoms with E-state index in [9.17, 15) is 4.79 Å². The van der Waals surface area contributed by atoms with Crippen LogP contribution in [0.4, 0.5) is 5.69 Å². The zero-order chi connectivity index (χ0) is 14.9. The summed E-state index contributed by atoms with van der Waals surface area (Å²) in [6.45, 7) is 7.52. The molecule has 2 rings (SSSR count). The number of aryl methyl sites for hydroxylation is 1. The van der Waals surface area contributed by atoms with Crippen molar-refractivity contribution in [1.29, 1.82) is 0 Å². The Hall–Kier alpha value is -2.23. The Balaban J connectivity index is 2.40. The first-order valence-corrected chi connectivity index (χ1v) is 6.55. The van der Waals surface area contributed by atoms with Gasteiger partial charge in [-0.25, -0.2) is 4.79 Å². The SMILES string of the molecule is Cc1cc(N)ccc1-n1cccc1C(=O)OC(C)(C)C. The van der Waals surface area contributed by atoms with Crippen molar-refractivity contribution in [2.45, 2.75) is 33.3 Å². The number of carbonyl (C=O) groups is 1. The van der Waals surface area contributed by atoms with Crippen molar-refractivity contribution >= 4 is 11.7 Å². The molecule has 0 radical (unpaired) electrons. The zero-order valence-electron chi connectivity index (χ0n) is 12.3. The summed E-state index contributed by atoms with van der Waals surface area (Å²) in [5.41, 5.74) is 8.39. The molecule has 1 heterocycles. The molecule has 0 saturated carbocycles. The summed E-state index contributed by atoms with van der Waals surface area (Å²) in [5, 5.41) is 0. The van der Waals surface area contributed by atoms with Crippen molar-refractivity contribution in [3.05, 3.63) is 47.8 Å². The van der Waals surface area contributed by atoms with Crippen molar-refractivity contribution in [2.24, 2.45) is 0 Å². The molecule has 0 aliphatic carbocycles. The van der Waals surface area contributed by atoms with Gasteiger partial charge in [0.05, 0.1) is 0 Å². The minimum Gasteiger partial charge on any atom is -0.455 e. The lowest BCUT2D eigenvalue weighted by Crippen LogP contribution is -2.25. The van der Waals surface area contributed by atoms with Crippen molar-refractivity contribution < 1.29 is 9.53 Å². The highest BCUT2D eigenvalue weighted by Crippen LogP contribution is 2.21. The summed E-state index contributed by atoms with van der Waals surface area (Å²) in [6.07, 6.45) is 1.85. The maximum atomic E-state index is 12.2. The van der Waals surface area contributed by atoms with Crippen LogP contribution in [0.3, 0.4) is 0 Å².